The fraction of sp³-hybridized carbons (Fsp3) is 0.158. The SMILES string of the molecule is C=CCn1c(=NC(=O)c2ccc([N+](=O)[O-])cc2)sc2cc(CC)ccc21. The van der Waals surface area contributed by atoms with E-state index in [0.717, 1.165) is 16.6 Å². The minimum atomic E-state index is -0.499. The van der Waals surface area contributed by atoms with Gasteiger partial charge in [0.25, 0.3) is 11.6 Å². The molecule has 0 aliphatic rings. The zero-order chi connectivity index (χ0) is 18.7. The van der Waals surface area contributed by atoms with Gasteiger partial charge in [-0.3, -0.25) is 14.9 Å². The van der Waals surface area contributed by atoms with Crippen LogP contribution < -0.4 is 4.80 Å². The molecule has 0 bridgehead atoms. The van der Waals surface area contributed by atoms with Crippen molar-refractivity contribution in [3.8, 4) is 0 Å². The van der Waals surface area contributed by atoms with Crippen LogP contribution in [-0.4, -0.2) is 15.4 Å². The number of aryl methyl sites for hydroxylation is 1. The molecule has 26 heavy (non-hydrogen) atoms. The number of hydrogen-bond acceptors (Lipinski definition) is 4. The van der Waals surface area contributed by atoms with Crippen molar-refractivity contribution in [3.63, 3.8) is 0 Å². The zero-order valence-corrected chi connectivity index (χ0v) is 15.0. The molecule has 6 nitrogen and oxygen atoms in total. The normalized spacial score (nSPS) is 11.7. The minimum Gasteiger partial charge on any atom is -0.312 e. The number of benzene rings is 2. The van der Waals surface area contributed by atoms with Crippen molar-refractivity contribution in [1.29, 1.82) is 0 Å². The number of amides is 1. The monoisotopic (exact) mass is 367 g/mol. The number of non-ortho nitro benzene ring substituents is 1. The van der Waals surface area contributed by atoms with Gasteiger partial charge in [-0.2, -0.15) is 4.99 Å². The predicted octanol–water partition coefficient (Wildman–Crippen LogP) is 4.10. The van der Waals surface area contributed by atoms with Crippen molar-refractivity contribution in [2.75, 3.05) is 0 Å². The zero-order valence-electron chi connectivity index (χ0n) is 14.2. The fourth-order valence-electron chi connectivity index (χ4n) is 2.61. The number of rotatable bonds is 5. The lowest BCUT2D eigenvalue weighted by atomic mass is 10.2. The van der Waals surface area contributed by atoms with Gasteiger partial charge in [-0.15, -0.1) is 6.58 Å². The molecule has 0 saturated heterocycles. The summed E-state index contributed by atoms with van der Waals surface area (Å²) in [5, 5.41) is 10.7. The molecule has 0 spiro atoms. The van der Waals surface area contributed by atoms with Crippen molar-refractivity contribution in [1.82, 2.24) is 4.57 Å². The third-order valence-electron chi connectivity index (χ3n) is 3.99. The maximum absolute atomic E-state index is 12.5. The highest BCUT2D eigenvalue weighted by molar-refractivity contribution is 7.16. The first-order valence-corrected chi connectivity index (χ1v) is 8.91. The number of allylic oxidation sites excluding steroid dienone is 1. The molecule has 2 aromatic carbocycles. The Bertz CT molecular complexity index is 1060. The van der Waals surface area contributed by atoms with Crippen molar-refractivity contribution in [3.05, 3.63) is 81.2 Å². The van der Waals surface area contributed by atoms with Crippen LogP contribution in [0.1, 0.15) is 22.8 Å². The second-order valence-corrected chi connectivity index (χ2v) is 6.67. The van der Waals surface area contributed by atoms with Crippen LogP contribution in [0, 0.1) is 10.1 Å². The van der Waals surface area contributed by atoms with E-state index >= 15 is 0 Å². The Kier molecular flexibility index (Phi) is 5.09. The first-order valence-electron chi connectivity index (χ1n) is 8.10. The summed E-state index contributed by atoms with van der Waals surface area (Å²) in [6, 6.07) is 11.7. The number of hydrogen-bond donors (Lipinski definition) is 0. The topological polar surface area (TPSA) is 77.5 Å². The van der Waals surface area contributed by atoms with Gasteiger partial charge in [-0.25, -0.2) is 0 Å². The summed E-state index contributed by atoms with van der Waals surface area (Å²) in [7, 11) is 0. The molecule has 0 N–H and O–H groups in total. The Morgan fingerprint density at radius 3 is 2.65 bits per heavy atom. The van der Waals surface area contributed by atoms with E-state index in [2.05, 4.69) is 30.6 Å². The Morgan fingerprint density at radius 1 is 1.31 bits per heavy atom. The summed E-state index contributed by atoms with van der Waals surface area (Å²) < 4.78 is 3.00. The third-order valence-corrected chi connectivity index (χ3v) is 5.03. The highest BCUT2D eigenvalue weighted by atomic mass is 32.1. The van der Waals surface area contributed by atoms with Gasteiger partial charge in [-0.1, -0.05) is 30.4 Å². The van der Waals surface area contributed by atoms with Crippen LogP contribution in [0.25, 0.3) is 10.2 Å². The molecular weight excluding hydrogens is 350 g/mol. The number of nitrogens with zero attached hydrogens (tertiary/aromatic N) is 3. The second-order valence-electron chi connectivity index (χ2n) is 5.66. The van der Waals surface area contributed by atoms with Crippen LogP contribution in [-0.2, 0) is 13.0 Å². The molecule has 0 saturated carbocycles. The molecule has 3 rings (SSSR count). The van der Waals surface area contributed by atoms with Crippen molar-refractivity contribution >= 4 is 33.1 Å². The summed E-state index contributed by atoms with van der Waals surface area (Å²) in [6.45, 7) is 6.41. The molecule has 1 heterocycles. The number of aromatic nitrogens is 1. The van der Waals surface area contributed by atoms with Crippen LogP contribution in [0.3, 0.4) is 0 Å². The van der Waals surface area contributed by atoms with Gasteiger partial charge in [0.1, 0.15) is 0 Å². The third kappa shape index (κ3) is 3.48. The minimum absolute atomic E-state index is 0.0581. The molecule has 3 aromatic rings. The van der Waals surface area contributed by atoms with Gasteiger partial charge in [0, 0.05) is 24.2 Å². The molecule has 1 amide bonds. The lowest BCUT2D eigenvalue weighted by molar-refractivity contribution is -0.384. The first kappa shape index (κ1) is 17.8. The largest absolute Gasteiger partial charge is 0.312 e. The van der Waals surface area contributed by atoms with E-state index in [1.807, 2.05) is 10.6 Å². The lowest BCUT2D eigenvalue weighted by Gasteiger charge is -2.02. The molecule has 7 heteroatoms. The number of carbonyl (C=O) groups excluding carboxylic acids is 1. The van der Waals surface area contributed by atoms with E-state index in [9.17, 15) is 14.9 Å². The van der Waals surface area contributed by atoms with E-state index in [1.165, 1.54) is 41.2 Å². The van der Waals surface area contributed by atoms with E-state index in [0.29, 0.717) is 16.9 Å². The highest BCUT2D eigenvalue weighted by Crippen LogP contribution is 2.20. The number of nitro benzene ring substituents is 1. The average molecular weight is 367 g/mol. The Hall–Kier alpha value is -3.06. The number of fused-ring (bicyclic) bond motifs is 1. The fourth-order valence-corrected chi connectivity index (χ4v) is 3.71. The van der Waals surface area contributed by atoms with Crippen molar-refractivity contribution < 1.29 is 9.72 Å². The molecule has 0 aliphatic carbocycles. The Balaban J connectivity index is 2.07. The molecule has 0 aliphatic heterocycles. The molecule has 0 atom stereocenters. The van der Waals surface area contributed by atoms with Crippen LogP contribution in [0.15, 0.2) is 60.1 Å². The Morgan fingerprint density at radius 2 is 2.04 bits per heavy atom. The van der Waals surface area contributed by atoms with Crippen LogP contribution in [0.4, 0.5) is 5.69 Å². The molecular formula is C19H17N3O3S. The summed E-state index contributed by atoms with van der Waals surface area (Å²) in [4.78, 5) is 27.5. The standard InChI is InChI=1S/C19H17N3O3S/c1-3-11-21-16-10-5-13(4-2)12-17(16)26-19(21)20-18(23)14-6-8-15(9-7-14)22(24)25/h3,5-10,12H,1,4,11H2,2H3. The van der Waals surface area contributed by atoms with Crippen LogP contribution >= 0.6 is 11.3 Å². The van der Waals surface area contributed by atoms with E-state index in [-0.39, 0.29) is 5.69 Å². The average Bonchev–Trinajstić information content (AvgIpc) is 2.98. The summed E-state index contributed by atoms with van der Waals surface area (Å²) in [5.41, 5.74) is 2.48. The van der Waals surface area contributed by atoms with Gasteiger partial charge in [0.15, 0.2) is 4.80 Å². The van der Waals surface area contributed by atoms with Gasteiger partial charge < -0.3 is 4.57 Å². The maximum Gasteiger partial charge on any atom is 0.279 e. The molecule has 0 fully saturated rings. The number of carbonyl (C=O) groups is 1. The second kappa shape index (κ2) is 7.45. The predicted molar refractivity (Wildman–Crippen MR) is 102 cm³/mol. The van der Waals surface area contributed by atoms with Crippen molar-refractivity contribution in [2.45, 2.75) is 19.9 Å². The Labute approximate surface area is 153 Å². The van der Waals surface area contributed by atoms with Crippen molar-refractivity contribution in [2.24, 2.45) is 4.99 Å². The molecule has 0 unspecified atom stereocenters. The summed E-state index contributed by atoms with van der Waals surface area (Å²) >= 11 is 1.44. The number of nitro groups is 1. The lowest BCUT2D eigenvalue weighted by Crippen LogP contribution is -2.16. The van der Waals surface area contributed by atoms with Gasteiger partial charge in [0.05, 0.1) is 15.1 Å². The smallest absolute Gasteiger partial charge is 0.279 e. The van der Waals surface area contributed by atoms with Crippen LogP contribution in [0.2, 0.25) is 0 Å². The number of thiazole rings is 1. The highest BCUT2D eigenvalue weighted by Gasteiger charge is 2.11. The van der Waals surface area contributed by atoms with E-state index in [4.69, 9.17) is 0 Å². The van der Waals surface area contributed by atoms with E-state index in [1.54, 1.807) is 6.08 Å². The van der Waals surface area contributed by atoms with Crippen LogP contribution in [0.5, 0.6) is 0 Å². The quantitative estimate of drug-likeness (QED) is 0.387. The van der Waals surface area contributed by atoms with Gasteiger partial charge in [0.2, 0.25) is 0 Å². The van der Waals surface area contributed by atoms with Gasteiger partial charge in [-0.05, 0) is 36.2 Å². The first-order chi connectivity index (χ1) is 12.5. The summed E-state index contributed by atoms with van der Waals surface area (Å²) in [6.07, 6.45) is 2.69. The molecule has 132 valence electrons. The van der Waals surface area contributed by atoms with E-state index < -0.39 is 10.8 Å². The molecule has 0 radical (unpaired) electrons. The maximum atomic E-state index is 12.5. The molecule has 1 aromatic heterocycles. The van der Waals surface area contributed by atoms with Gasteiger partial charge >= 0.3 is 0 Å². The summed E-state index contributed by atoms with van der Waals surface area (Å²) in [5.74, 6) is -0.431.